The molecule has 1 aliphatic rings. The number of amides is 1. The average Bonchev–Trinajstić information content (AvgIpc) is 2.80. The summed E-state index contributed by atoms with van der Waals surface area (Å²) in [5, 5.41) is 4.05. The number of nitrogens with zero attached hydrogens (tertiary/aromatic N) is 1. The summed E-state index contributed by atoms with van der Waals surface area (Å²) < 4.78 is 0. The van der Waals surface area contributed by atoms with Gasteiger partial charge in [-0.3, -0.25) is 4.79 Å². The van der Waals surface area contributed by atoms with E-state index >= 15 is 0 Å². The molecule has 1 aromatic rings. The maximum Gasteiger partial charge on any atom is 0.267 e. The van der Waals surface area contributed by atoms with Gasteiger partial charge in [-0.2, -0.15) is 11.8 Å². The Morgan fingerprint density at radius 1 is 1.53 bits per heavy atom. The van der Waals surface area contributed by atoms with Gasteiger partial charge in [0.15, 0.2) is 0 Å². The van der Waals surface area contributed by atoms with Crippen LogP contribution in [0.5, 0.6) is 0 Å². The van der Waals surface area contributed by atoms with E-state index < -0.39 is 5.91 Å². The molecule has 0 bridgehead atoms. The molecule has 19 heavy (non-hydrogen) atoms. The van der Waals surface area contributed by atoms with Crippen LogP contribution in [-0.4, -0.2) is 27.9 Å². The zero-order valence-electron chi connectivity index (χ0n) is 11.1. The fourth-order valence-corrected chi connectivity index (χ4v) is 3.52. The van der Waals surface area contributed by atoms with E-state index in [0.29, 0.717) is 22.8 Å². The van der Waals surface area contributed by atoms with E-state index in [4.69, 9.17) is 11.5 Å². The molecule has 1 aromatic heterocycles. The smallest absolute Gasteiger partial charge is 0.267 e. The number of nitrogens with one attached hydrogen (secondary N) is 1. The molecule has 0 spiro atoms. The highest BCUT2D eigenvalue weighted by molar-refractivity contribution is 7.99. The molecule has 5 nitrogen and oxygen atoms in total. The minimum Gasteiger partial charge on any atom is -0.396 e. The first kappa shape index (κ1) is 14.0. The van der Waals surface area contributed by atoms with E-state index in [0.717, 1.165) is 18.6 Å². The van der Waals surface area contributed by atoms with Crippen molar-refractivity contribution in [3.05, 3.63) is 17.8 Å². The van der Waals surface area contributed by atoms with Crippen LogP contribution in [0.25, 0.3) is 0 Å². The number of anilines is 2. The van der Waals surface area contributed by atoms with Crippen molar-refractivity contribution in [3.8, 4) is 0 Å². The minimum absolute atomic E-state index is 0.245. The van der Waals surface area contributed by atoms with Gasteiger partial charge in [0.25, 0.3) is 5.91 Å². The molecule has 1 heterocycles. The van der Waals surface area contributed by atoms with Crippen LogP contribution in [0.3, 0.4) is 0 Å². The first-order valence-electron chi connectivity index (χ1n) is 6.54. The van der Waals surface area contributed by atoms with Crippen molar-refractivity contribution >= 4 is 29.2 Å². The molecule has 1 fully saturated rings. The van der Waals surface area contributed by atoms with E-state index in [9.17, 15) is 4.79 Å². The molecule has 0 radical (unpaired) electrons. The van der Waals surface area contributed by atoms with E-state index in [2.05, 4.69) is 17.2 Å². The molecule has 0 aromatic carbocycles. The summed E-state index contributed by atoms with van der Waals surface area (Å²) in [7, 11) is 0. The Kier molecular flexibility index (Phi) is 4.52. The van der Waals surface area contributed by atoms with Crippen LogP contribution in [-0.2, 0) is 0 Å². The van der Waals surface area contributed by atoms with Crippen molar-refractivity contribution in [1.29, 1.82) is 0 Å². The quantitative estimate of drug-likeness (QED) is 0.765. The summed E-state index contributed by atoms with van der Waals surface area (Å²) in [5.74, 6) is 1.19. The molecule has 6 heteroatoms. The summed E-state index contributed by atoms with van der Waals surface area (Å²) in [5.41, 5.74) is 11.9. The SMILES string of the molecule is CCSC1CCC(Nc2nc(C(N)=O)ccc2N)C1. The zero-order valence-corrected chi connectivity index (χ0v) is 11.9. The van der Waals surface area contributed by atoms with Crippen LogP contribution >= 0.6 is 11.8 Å². The van der Waals surface area contributed by atoms with E-state index in [-0.39, 0.29) is 5.69 Å². The highest BCUT2D eigenvalue weighted by Gasteiger charge is 2.25. The topological polar surface area (TPSA) is 94.0 Å². The first-order valence-corrected chi connectivity index (χ1v) is 7.59. The summed E-state index contributed by atoms with van der Waals surface area (Å²) in [6.45, 7) is 2.18. The highest BCUT2D eigenvalue weighted by atomic mass is 32.2. The average molecular weight is 280 g/mol. The maximum atomic E-state index is 11.1. The Balaban J connectivity index is 2.03. The van der Waals surface area contributed by atoms with Crippen molar-refractivity contribution in [2.24, 2.45) is 5.73 Å². The number of rotatable bonds is 5. The van der Waals surface area contributed by atoms with Crippen LogP contribution in [0.4, 0.5) is 11.5 Å². The summed E-state index contributed by atoms with van der Waals surface area (Å²) in [4.78, 5) is 15.3. The molecule has 1 saturated carbocycles. The monoisotopic (exact) mass is 280 g/mol. The number of hydrogen-bond donors (Lipinski definition) is 3. The number of hydrogen-bond acceptors (Lipinski definition) is 5. The molecule has 0 saturated heterocycles. The number of nitrogen functional groups attached to an aromatic ring is 1. The lowest BCUT2D eigenvalue weighted by molar-refractivity contribution is 0.0995. The Labute approximate surface area is 117 Å². The van der Waals surface area contributed by atoms with Gasteiger partial charge in [-0.25, -0.2) is 4.98 Å². The van der Waals surface area contributed by atoms with Crippen molar-refractivity contribution in [2.75, 3.05) is 16.8 Å². The summed E-state index contributed by atoms with van der Waals surface area (Å²) >= 11 is 2.00. The fraction of sp³-hybridized carbons (Fsp3) is 0.538. The Bertz CT molecular complexity index is 466. The maximum absolute atomic E-state index is 11.1. The van der Waals surface area contributed by atoms with Gasteiger partial charge in [0.05, 0.1) is 5.69 Å². The second kappa shape index (κ2) is 6.14. The number of primary amides is 1. The summed E-state index contributed by atoms with van der Waals surface area (Å²) in [6, 6.07) is 3.59. The lowest BCUT2D eigenvalue weighted by atomic mass is 10.2. The molecule has 0 aliphatic heterocycles. The van der Waals surface area contributed by atoms with Crippen molar-refractivity contribution in [2.45, 2.75) is 37.5 Å². The second-order valence-corrected chi connectivity index (χ2v) is 6.31. The predicted octanol–water partition coefficient (Wildman–Crippen LogP) is 1.85. The standard InChI is InChI=1S/C13H20N4OS/c1-2-19-9-4-3-8(7-9)16-13-10(14)5-6-11(17-13)12(15)18/h5-6,8-9H,2-4,7,14H2,1H3,(H2,15,18)(H,16,17). The summed E-state index contributed by atoms with van der Waals surface area (Å²) in [6.07, 6.45) is 3.44. The predicted molar refractivity (Wildman–Crippen MR) is 80.3 cm³/mol. The number of carbonyl (C=O) groups excluding carboxylic acids is 1. The van der Waals surface area contributed by atoms with Gasteiger partial charge in [-0.15, -0.1) is 0 Å². The molecular formula is C13H20N4OS. The molecule has 2 rings (SSSR count). The van der Waals surface area contributed by atoms with Gasteiger partial charge in [0, 0.05) is 11.3 Å². The van der Waals surface area contributed by atoms with E-state index in [1.165, 1.54) is 6.42 Å². The molecule has 2 unspecified atom stereocenters. The van der Waals surface area contributed by atoms with Crippen LogP contribution in [0, 0.1) is 0 Å². The first-order chi connectivity index (χ1) is 9.10. The lowest BCUT2D eigenvalue weighted by Crippen LogP contribution is -2.20. The molecule has 1 aliphatic carbocycles. The largest absolute Gasteiger partial charge is 0.396 e. The van der Waals surface area contributed by atoms with Gasteiger partial charge < -0.3 is 16.8 Å². The third-order valence-electron chi connectivity index (χ3n) is 3.31. The Morgan fingerprint density at radius 3 is 3.00 bits per heavy atom. The molecular weight excluding hydrogens is 260 g/mol. The third kappa shape index (κ3) is 3.53. The second-order valence-electron chi connectivity index (χ2n) is 4.73. The Hall–Kier alpha value is -1.43. The number of carbonyl (C=O) groups is 1. The minimum atomic E-state index is -0.533. The fourth-order valence-electron chi connectivity index (χ4n) is 2.37. The third-order valence-corrected chi connectivity index (χ3v) is 4.54. The Morgan fingerprint density at radius 2 is 2.32 bits per heavy atom. The molecule has 2 atom stereocenters. The number of thioether (sulfide) groups is 1. The van der Waals surface area contributed by atoms with Crippen LogP contribution in [0.2, 0.25) is 0 Å². The van der Waals surface area contributed by atoms with E-state index in [1.807, 2.05) is 11.8 Å². The van der Waals surface area contributed by atoms with Gasteiger partial charge >= 0.3 is 0 Å². The van der Waals surface area contributed by atoms with Gasteiger partial charge in [0.1, 0.15) is 11.5 Å². The van der Waals surface area contributed by atoms with E-state index in [1.54, 1.807) is 12.1 Å². The van der Waals surface area contributed by atoms with Crippen molar-refractivity contribution < 1.29 is 4.79 Å². The number of pyridine rings is 1. The van der Waals surface area contributed by atoms with Crippen LogP contribution in [0.15, 0.2) is 12.1 Å². The van der Waals surface area contributed by atoms with Crippen molar-refractivity contribution in [3.63, 3.8) is 0 Å². The zero-order chi connectivity index (χ0) is 13.8. The number of aromatic nitrogens is 1. The molecule has 104 valence electrons. The van der Waals surface area contributed by atoms with Crippen molar-refractivity contribution in [1.82, 2.24) is 4.98 Å². The van der Waals surface area contributed by atoms with Gasteiger partial charge in [-0.05, 0) is 37.1 Å². The van der Waals surface area contributed by atoms with Gasteiger partial charge in [0.2, 0.25) is 0 Å². The van der Waals surface area contributed by atoms with Gasteiger partial charge in [-0.1, -0.05) is 6.92 Å². The highest BCUT2D eigenvalue weighted by Crippen LogP contribution is 2.32. The lowest BCUT2D eigenvalue weighted by Gasteiger charge is -2.15. The normalized spacial score (nSPS) is 22.4. The van der Waals surface area contributed by atoms with Crippen LogP contribution < -0.4 is 16.8 Å². The number of nitrogens with two attached hydrogens (primary N) is 2. The molecule has 1 amide bonds. The molecule has 5 N–H and O–H groups in total. The van der Waals surface area contributed by atoms with Crippen LogP contribution in [0.1, 0.15) is 36.7 Å².